The summed E-state index contributed by atoms with van der Waals surface area (Å²) in [5, 5.41) is 8.02. The zero-order valence-electron chi connectivity index (χ0n) is 19.1. The van der Waals surface area contributed by atoms with Crippen LogP contribution in [0.1, 0.15) is 71.0 Å². The second kappa shape index (κ2) is 9.04. The first-order valence-corrected chi connectivity index (χ1v) is 11.9. The Morgan fingerprint density at radius 1 is 1.16 bits per heavy atom. The van der Waals surface area contributed by atoms with Crippen LogP contribution in [0.3, 0.4) is 0 Å². The van der Waals surface area contributed by atoms with Crippen molar-refractivity contribution in [3.05, 3.63) is 11.8 Å². The Bertz CT molecular complexity index is 761. The van der Waals surface area contributed by atoms with Gasteiger partial charge in [-0.05, 0) is 51.1 Å². The average Bonchev–Trinajstić information content (AvgIpc) is 3.18. The smallest absolute Gasteiger partial charge is 0.260 e. The van der Waals surface area contributed by atoms with Crippen molar-refractivity contribution in [2.45, 2.75) is 83.2 Å². The highest BCUT2D eigenvalue weighted by Crippen LogP contribution is 2.38. The van der Waals surface area contributed by atoms with Gasteiger partial charge >= 0.3 is 0 Å². The number of hydrogen-bond donors (Lipinski definition) is 1. The molecule has 4 heterocycles. The number of nitrogens with one attached hydrogen (secondary N) is 1. The minimum absolute atomic E-state index is 0.00429. The van der Waals surface area contributed by atoms with Gasteiger partial charge in [0.2, 0.25) is 5.91 Å². The maximum atomic E-state index is 13.9. The molecule has 0 unspecified atom stereocenters. The predicted octanol–water partition coefficient (Wildman–Crippen LogP) is 3.90. The van der Waals surface area contributed by atoms with Gasteiger partial charge in [-0.15, -0.1) is 0 Å². The third-order valence-corrected chi connectivity index (χ3v) is 7.21. The molecule has 0 radical (unpaired) electrons. The average molecular weight is 438 g/mol. The summed E-state index contributed by atoms with van der Waals surface area (Å²) in [7, 11) is 0. The molecule has 3 aliphatic rings. The van der Waals surface area contributed by atoms with Gasteiger partial charge in [0.15, 0.2) is 0 Å². The number of nitrogens with zero attached hydrogens (tertiary/aromatic N) is 4. The number of alkyl halides is 2. The molecular weight excluding hydrogens is 400 g/mol. The number of fused-ring (bicyclic) bond motifs is 1. The number of aromatic nitrogens is 2. The molecule has 8 heteroatoms. The Balaban J connectivity index is 1.37. The number of carbonyl (C=O) groups excluding carboxylic acids is 1. The normalized spacial score (nSPS) is 26.1. The van der Waals surface area contributed by atoms with Crippen LogP contribution in [0.25, 0.3) is 0 Å². The molecule has 1 aromatic rings. The molecule has 2 atom stereocenters. The lowest BCUT2D eigenvalue weighted by Crippen LogP contribution is -2.48. The van der Waals surface area contributed by atoms with Crippen LogP contribution in [0.5, 0.6) is 0 Å². The van der Waals surface area contributed by atoms with E-state index in [9.17, 15) is 13.6 Å². The largest absolute Gasteiger partial charge is 0.367 e. The first-order valence-electron chi connectivity index (χ1n) is 11.9. The van der Waals surface area contributed by atoms with E-state index in [1.807, 2.05) is 31.7 Å². The van der Waals surface area contributed by atoms with Crippen molar-refractivity contribution in [1.82, 2.24) is 19.6 Å². The van der Waals surface area contributed by atoms with E-state index < -0.39 is 12.5 Å². The lowest BCUT2D eigenvalue weighted by atomic mass is 9.85. The Morgan fingerprint density at radius 3 is 2.45 bits per heavy atom. The van der Waals surface area contributed by atoms with E-state index in [-0.39, 0.29) is 17.4 Å². The number of piperidine rings is 2. The van der Waals surface area contributed by atoms with Crippen molar-refractivity contribution in [2.24, 2.45) is 5.92 Å². The van der Waals surface area contributed by atoms with Gasteiger partial charge in [-0.3, -0.25) is 9.69 Å². The van der Waals surface area contributed by atoms with Crippen LogP contribution in [0.15, 0.2) is 6.07 Å². The number of hydrogen-bond acceptors (Lipinski definition) is 4. The van der Waals surface area contributed by atoms with Gasteiger partial charge in [0.05, 0.1) is 12.2 Å². The van der Waals surface area contributed by atoms with E-state index in [4.69, 9.17) is 0 Å². The molecule has 6 nitrogen and oxygen atoms in total. The quantitative estimate of drug-likeness (QED) is 0.776. The molecule has 4 rings (SSSR count). The SMILES string of the molecule is CC(C)(C)c1cc2n(n1)[C@@H](C(F)F)C[C@@H](C1CCN(C(=O)CN3CCCCC3)CC1)N2. The van der Waals surface area contributed by atoms with Crippen LogP contribution >= 0.6 is 0 Å². The fourth-order valence-electron chi connectivity index (χ4n) is 5.21. The van der Waals surface area contributed by atoms with Gasteiger partial charge in [-0.25, -0.2) is 13.5 Å². The number of halogens is 2. The predicted molar refractivity (Wildman–Crippen MR) is 118 cm³/mol. The van der Waals surface area contributed by atoms with Crippen LogP contribution < -0.4 is 5.32 Å². The third-order valence-electron chi connectivity index (χ3n) is 7.21. The van der Waals surface area contributed by atoms with Crippen LogP contribution in [-0.4, -0.2) is 70.7 Å². The van der Waals surface area contributed by atoms with Crippen molar-refractivity contribution in [3.63, 3.8) is 0 Å². The molecule has 1 N–H and O–H groups in total. The molecule has 0 aliphatic carbocycles. The molecule has 0 saturated carbocycles. The first-order chi connectivity index (χ1) is 14.7. The molecule has 3 aliphatic heterocycles. The van der Waals surface area contributed by atoms with Gasteiger partial charge in [-0.2, -0.15) is 5.10 Å². The lowest BCUT2D eigenvalue weighted by Gasteiger charge is -2.41. The summed E-state index contributed by atoms with van der Waals surface area (Å²) in [6.45, 7) is 10.2. The van der Waals surface area contributed by atoms with Gasteiger partial charge in [-0.1, -0.05) is 27.2 Å². The van der Waals surface area contributed by atoms with Crippen molar-refractivity contribution < 1.29 is 13.6 Å². The van der Waals surface area contributed by atoms with E-state index in [0.717, 1.165) is 44.7 Å². The van der Waals surface area contributed by atoms with E-state index in [2.05, 4.69) is 15.3 Å². The molecule has 174 valence electrons. The van der Waals surface area contributed by atoms with Gasteiger partial charge in [0, 0.05) is 30.6 Å². The standard InChI is InChI=1S/C23H37F2N5O/c1-23(2,3)19-14-20-26-17(13-18(22(24)25)30(20)27-19)16-7-11-29(12-8-16)21(31)15-28-9-5-4-6-10-28/h14,16-18,22,26H,4-13,15H2,1-3H3/t17-,18+/m0/s1. The minimum Gasteiger partial charge on any atom is -0.367 e. The number of rotatable bonds is 4. The summed E-state index contributed by atoms with van der Waals surface area (Å²) in [6, 6.07) is 1.03. The summed E-state index contributed by atoms with van der Waals surface area (Å²) in [5.74, 6) is 1.22. The van der Waals surface area contributed by atoms with Crippen LogP contribution in [0.2, 0.25) is 0 Å². The zero-order valence-corrected chi connectivity index (χ0v) is 19.1. The third kappa shape index (κ3) is 5.04. The molecular formula is C23H37F2N5O. The summed E-state index contributed by atoms with van der Waals surface area (Å²) in [5.41, 5.74) is 0.647. The molecule has 0 spiro atoms. The molecule has 31 heavy (non-hydrogen) atoms. The van der Waals surface area contributed by atoms with Crippen LogP contribution in [0.4, 0.5) is 14.6 Å². The van der Waals surface area contributed by atoms with Gasteiger partial charge in [0.25, 0.3) is 6.43 Å². The molecule has 0 aromatic carbocycles. The maximum Gasteiger partial charge on any atom is 0.260 e. The van der Waals surface area contributed by atoms with Crippen molar-refractivity contribution in [2.75, 3.05) is 38.0 Å². The van der Waals surface area contributed by atoms with Gasteiger partial charge in [0.1, 0.15) is 11.9 Å². The van der Waals surface area contributed by atoms with Crippen molar-refractivity contribution in [3.8, 4) is 0 Å². The Morgan fingerprint density at radius 2 is 1.84 bits per heavy atom. The minimum atomic E-state index is -2.44. The Kier molecular flexibility index (Phi) is 6.56. The summed E-state index contributed by atoms with van der Waals surface area (Å²) < 4.78 is 29.3. The summed E-state index contributed by atoms with van der Waals surface area (Å²) in [6.07, 6.45) is 3.28. The molecule has 0 bridgehead atoms. The monoisotopic (exact) mass is 437 g/mol. The zero-order chi connectivity index (χ0) is 22.2. The van der Waals surface area contributed by atoms with E-state index in [1.165, 1.54) is 23.9 Å². The molecule has 1 amide bonds. The number of carbonyl (C=O) groups is 1. The molecule has 2 fully saturated rings. The number of likely N-dealkylation sites (tertiary alicyclic amines) is 2. The fraction of sp³-hybridized carbons (Fsp3) is 0.826. The number of anilines is 1. The van der Waals surface area contributed by atoms with Crippen molar-refractivity contribution in [1.29, 1.82) is 0 Å². The van der Waals surface area contributed by atoms with Gasteiger partial charge < -0.3 is 10.2 Å². The highest BCUT2D eigenvalue weighted by Gasteiger charge is 2.39. The second-order valence-corrected chi connectivity index (χ2v) is 10.6. The number of amides is 1. The summed E-state index contributed by atoms with van der Waals surface area (Å²) >= 11 is 0. The van der Waals surface area contributed by atoms with E-state index >= 15 is 0 Å². The van der Waals surface area contributed by atoms with E-state index in [1.54, 1.807) is 0 Å². The fourth-order valence-corrected chi connectivity index (χ4v) is 5.21. The second-order valence-electron chi connectivity index (χ2n) is 10.6. The topological polar surface area (TPSA) is 53.4 Å². The molecule has 1 aromatic heterocycles. The lowest BCUT2D eigenvalue weighted by molar-refractivity contribution is -0.134. The maximum absolute atomic E-state index is 13.9. The van der Waals surface area contributed by atoms with E-state index in [0.29, 0.717) is 24.7 Å². The molecule has 2 saturated heterocycles. The van der Waals surface area contributed by atoms with Crippen LogP contribution in [-0.2, 0) is 10.2 Å². The summed E-state index contributed by atoms with van der Waals surface area (Å²) in [4.78, 5) is 16.9. The highest BCUT2D eigenvalue weighted by atomic mass is 19.3. The first kappa shape index (κ1) is 22.5. The highest BCUT2D eigenvalue weighted by molar-refractivity contribution is 5.78. The van der Waals surface area contributed by atoms with Crippen molar-refractivity contribution >= 4 is 11.7 Å². The Labute approximate surface area is 184 Å². The van der Waals surface area contributed by atoms with Crippen LogP contribution in [0, 0.1) is 5.92 Å². The Hall–Kier alpha value is -1.70.